The number of likely N-dealkylation sites (tertiary alicyclic amines) is 2. The first kappa shape index (κ1) is 16.3. The van der Waals surface area contributed by atoms with Crippen molar-refractivity contribution in [3.8, 4) is 0 Å². The van der Waals surface area contributed by atoms with E-state index >= 15 is 0 Å². The van der Waals surface area contributed by atoms with Crippen LogP contribution in [0.1, 0.15) is 23.2 Å². The van der Waals surface area contributed by atoms with Gasteiger partial charge in [-0.1, -0.05) is 0 Å². The number of hydrogen-bond donors (Lipinski definition) is 0. The van der Waals surface area contributed by atoms with Crippen LogP contribution in [-0.2, 0) is 4.74 Å². The van der Waals surface area contributed by atoms with Gasteiger partial charge in [0.15, 0.2) is 11.6 Å². The minimum absolute atomic E-state index is 0.00428. The Balaban J connectivity index is 1.67. The van der Waals surface area contributed by atoms with Gasteiger partial charge in [-0.15, -0.1) is 0 Å². The predicted molar refractivity (Wildman–Crippen MR) is 82.2 cm³/mol. The third-order valence-corrected chi connectivity index (χ3v) is 5.18. The molecule has 4 nitrogen and oxygen atoms in total. The maximum atomic E-state index is 13.3. The molecule has 1 amide bonds. The zero-order valence-corrected chi connectivity index (χ0v) is 13.5. The van der Waals surface area contributed by atoms with E-state index in [9.17, 15) is 13.6 Å². The van der Waals surface area contributed by atoms with Crippen LogP contribution in [0.4, 0.5) is 8.78 Å². The van der Waals surface area contributed by atoms with E-state index in [0.717, 1.165) is 38.1 Å². The maximum absolute atomic E-state index is 13.3. The highest BCUT2D eigenvalue weighted by Gasteiger charge is 2.50. The molecule has 126 valence electrons. The van der Waals surface area contributed by atoms with Crippen LogP contribution in [0.15, 0.2) is 18.2 Å². The Morgan fingerprint density at radius 2 is 2.09 bits per heavy atom. The summed E-state index contributed by atoms with van der Waals surface area (Å²) in [5.41, 5.74) is 0.195. The van der Waals surface area contributed by atoms with Crippen LogP contribution >= 0.6 is 0 Å². The third kappa shape index (κ3) is 2.97. The van der Waals surface area contributed by atoms with Gasteiger partial charge in [-0.2, -0.15) is 0 Å². The molecule has 0 aliphatic carbocycles. The first-order chi connectivity index (χ1) is 10.9. The van der Waals surface area contributed by atoms with Crippen molar-refractivity contribution in [2.45, 2.75) is 18.4 Å². The van der Waals surface area contributed by atoms with Gasteiger partial charge in [0.25, 0.3) is 5.91 Å². The van der Waals surface area contributed by atoms with Gasteiger partial charge in [-0.3, -0.25) is 9.69 Å². The molecule has 0 aromatic heterocycles. The van der Waals surface area contributed by atoms with E-state index in [0.29, 0.717) is 19.0 Å². The van der Waals surface area contributed by atoms with Crippen molar-refractivity contribution in [2.24, 2.45) is 5.92 Å². The van der Waals surface area contributed by atoms with Crippen LogP contribution in [0.3, 0.4) is 0 Å². The summed E-state index contributed by atoms with van der Waals surface area (Å²) >= 11 is 0. The van der Waals surface area contributed by atoms with Gasteiger partial charge in [-0.05, 0) is 50.6 Å². The van der Waals surface area contributed by atoms with Crippen molar-refractivity contribution in [3.63, 3.8) is 0 Å². The van der Waals surface area contributed by atoms with E-state index in [2.05, 4.69) is 11.9 Å². The Kier molecular flexibility index (Phi) is 4.38. The SMILES string of the molecule is COC[C@@H]1CCN(C)C2(C1)CN(C(=O)c1ccc(F)c(F)c1)C2. The normalized spacial score (nSPS) is 23.8. The van der Waals surface area contributed by atoms with Crippen LogP contribution in [-0.4, -0.2) is 61.6 Å². The van der Waals surface area contributed by atoms with Crippen LogP contribution in [0, 0.1) is 17.6 Å². The van der Waals surface area contributed by atoms with Crippen molar-refractivity contribution >= 4 is 5.91 Å². The van der Waals surface area contributed by atoms with Gasteiger partial charge >= 0.3 is 0 Å². The molecule has 0 bridgehead atoms. The number of amides is 1. The fraction of sp³-hybridized carbons (Fsp3) is 0.588. The molecule has 0 saturated carbocycles. The molecular weight excluding hydrogens is 302 g/mol. The topological polar surface area (TPSA) is 32.8 Å². The Hall–Kier alpha value is -1.53. The van der Waals surface area contributed by atoms with Crippen LogP contribution in [0.5, 0.6) is 0 Å². The third-order valence-electron chi connectivity index (χ3n) is 5.18. The molecule has 2 heterocycles. The summed E-state index contributed by atoms with van der Waals surface area (Å²) in [5, 5.41) is 0. The van der Waals surface area contributed by atoms with Crippen LogP contribution < -0.4 is 0 Å². The molecule has 2 aliphatic heterocycles. The number of carbonyl (C=O) groups is 1. The fourth-order valence-corrected chi connectivity index (χ4v) is 3.78. The second-order valence-electron chi connectivity index (χ2n) is 6.75. The molecule has 3 rings (SSSR count). The zero-order chi connectivity index (χ0) is 16.6. The van der Waals surface area contributed by atoms with E-state index < -0.39 is 11.6 Å². The lowest BCUT2D eigenvalue weighted by molar-refractivity contribution is -0.0731. The quantitative estimate of drug-likeness (QED) is 0.854. The molecule has 23 heavy (non-hydrogen) atoms. The molecule has 2 saturated heterocycles. The van der Waals surface area contributed by atoms with Crippen molar-refractivity contribution in [3.05, 3.63) is 35.4 Å². The number of likely N-dealkylation sites (N-methyl/N-ethyl adjacent to an activating group) is 1. The van der Waals surface area contributed by atoms with Crippen molar-refractivity contribution in [1.29, 1.82) is 0 Å². The highest BCUT2D eigenvalue weighted by Crippen LogP contribution is 2.38. The summed E-state index contributed by atoms with van der Waals surface area (Å²) in [7, 11) is 3.80. The van der Waals surface area contributed by atoms with Gasteiger partial charge in [0.2, 0.25) is 0 Å². The van der Waals surface area contributed by atoms with Gasteiger partial charge in [-0.25, -0.2) is 8.78 Å². The molecular formula is C17H22F2N2O2. The first-order valence-electron chi connectivity index (χ1n) is 7.90. The molecule has 0 N–H and O–H groups in total. The van der Waals surface area contributed by atoms with Gasteiger partial charge in [0.1, 0.15) is 0 Å². The number of halogens is 2. The number of benzene rings is 1. The molecule has 1 spiro atoms. The molecule has 2 aliphatic rings. The Morgan fingerprint density at radius 1 is 1.35 bits per heavy atom. The summed E-state index contributed by atoms with van der Waals surface area (Å²) < 4.78 is 31.6. The van der Waals surface area contributed by atoms with E-state index in [1.807, 2.05) is 0 Å². The lowest BCUT2D eigenvalue weighted by Crippen LogP contribution is -2.72. The smallest absolute Gasteiger partial charge is 0.254 e. The minimum Gasteiger partial charge on any atom is -0.384 e. The fourth-order valence-electron chi connectivity index (χ4n) is 3.78. The number of ether oxygens (including phenoxy) is 1. The van der Waals surface area contributed by atoms with Gasteiger partial charge < -0.3 is 9.64 Å². The van der Waals surface area contributed by atoms with E-state index in [4.69, 9.17) is 4.74 Å². The van der Waals surface area contributed by atoms with E-state index in [1.165, 1.54) is 6.07 Å². The zero-order valence-electron chi connectivity index (χ0n) is 13.5. The largest absolute Gasteiger partial charge is 0.384 e. The second kappa shape index (κ2) is 6.17. The Morgan fingerprint density at radius 3 is 2.74 bits per heavy atom. The van der Waals surface area contributed by atoms with E-state index in [-0.39, 0.29) is 17.0 Å². The highest BCUT2D eigenvalue weighted by molar-refractivity contribution is 5.95. The van der Waals surface area contributed by atoms with Gasteiger partial charge in [0, 0.05) is 32.4 Å². The maximum Gasteiger partial charge on any atom is 0.254 e. The molecule has 1 atom stereocenters. The number of methoxy groups -OCH3 is 1. The van der Waals surface area contributed by atoms with Crippen molar-refractivity contribution in [1.82, 2.24) is 9.80 Å². The number of piperidine rings is 1. The first-order valence-corrected chi connectivity index (χ1v) is 7.90. The van der Waals surface area contributed by atoms with Crippen molar-refractivity contribution in [2.75, 3.05) is 40.4 Å². The molecule has 2 fully saturated rings. The Bertz CT molecular complexity index is 602. The molecule has 1 aromatic carbocycles. The summed E-state index contributed by atoms with van der Waals surface area (Å²) in [6.45, 7) is 2.98. The summed E-state index contributed by atoms with van der Waals surface area (Å²) in [6.07, 6.45) is 2.10. The van der Waals surface area contributed by atoms with Crippen LogP contribution in [0.25, 0.3) is 0 Å². The molecule has 6 heteroatoms. The predicted octanol–water partition coefficient (Wildman–Crippen LogP) is 2.15. The molecule has 0 unspecified atom stereocenters. The average molecular weight is 324 g/mol. The number of rotatable bonds is 3. The second-order valence-corrected chi connectivity index (χ2v) is 6.75. The van der Waals surface area contributed by atoms with Crippen LogP contribution in [0.2, 0.25) is 0 Å². The van der Waals surface area contributed by atoms with Crippen molar-refractivity contribution < 1.29 is 18.3 Å². The van der Waals surface area contributed by atoms with Gasteiger partial charge in [0.05, 0.1) is 5.54 Å². The summed E-state index contributed by atoms with van der Waals surface area (Å²) in [6, 6.07) is 3.31. The lowest BCUT2D eigenvalue weighted by Gasteiger charge is -2.58. The number of carbonyl (C=O) groups excluding carboxylic acids is 1. The number of nitrogens with zero attached hydrogens (tertiary/aromatic N) is 2. The minimum atomic E-state index is -0.985. The summed E-state index contributed by atoms with van der Waals surface area (Å²) in [4.78, 5) is 16.4. The lowest BCUT2D eigenvalue weighted by atomic mass is 9.75. The molecule has 1 aromatic rings. The molecule has 0 radical (unpaired) electrons. The average Bonchev–Trinajstić information content (AvgIpc) is 2.49. The Labute approximate surface area is 135 Å². The standard InChI is InChI=1S/C17H22F2N2O2/c1-20-6-5-12(9-23-2)8-17(20)10-21(11-17)16(22)13-3-4-14(18)15(19)7-13/h3-4,7,12H,5-6,8-11H2,1-2H3/t12-/m1/s1. The summed E-state index contributed by atoms with van der Waals surface area (Å²) in [5.74, 6) is -1.65. The monoisotopic (exact) mass is 324 g/mol. The number of hydrogen-bond acceptors (Lipinski definition) is 3. The highest BCUT2D eigenvalue weighted by atomic mass is 19.2. The van der Waals surface area contributed by atoms with E-state index in [1.54, 1.807) is 12.0 Å².